The number of piperidine rings is 1. The molecule has 1 unspecified atom stereocenters. The summed E-state index contributed by atoms with van der Waals surface area (Å²) in [6.07, 6.45) is 6.50. The lowest BCUT2D eigenvalue weighted by Crippen LogP contribution is -2.46. The molecule has 2 amide bonds. The van der Waals surface area contributed by atoms with E-state index in [-0.39, 0.29) is 17.9 Å². The topological polar surface area (TPSA) is 87.2 Å². The Bertz CT molecular complexity index is 1040. The zero-order valence-electron chi connectivity index (χ0n) is 17.4. The van der Waals surface area contributed by atoms with Crippen LogP contribution in [0.15, 0.2) is 54.9 Å². The van der Waals surface area contributed by atoms with E-state index in [1.165, 1.54) is 18.3 Å². The second-order valence-electron chi connectivity index (χ2n) is 7.58. The van der Waals surface area contributed by atoms with Crippen LogP contribution in [0.25, 0.3) is 11.3 Å². The number of rotatable bonds is 6. The number of carbonyl (C=O) groups is 2. The number of amides is 2. The number of carbonyl (C=O) groups excluding carboxylic acids is 2. The molecule has 160 valence electrons. The summed E-state index contributed by atoms with van der Waals surface area (Å²) >= 11 is 1.28. The highest BCUT2D eigenvalue weighted by Gasteiger charge is 2.29. The van der Waals surface area contributed by atoms with Gasteiger partial charge in [0.2, 0.25) is 11.8 Å². The molecule has 0 radical (unpaired) electrons. The van der Waals surface area contributed by atoms with E-state index in [0.29, 0.717) is 22.4 Å². The van der Waals surface area contributed by atoms with Crippen LogP contribution in [-0.2, 0) is 16.1 Å². The van der Waals surface area contributed by atoms with Gasteiger partial charge in [-0.2, -0.15) is 0 Å². The highest BCUT2D eigenvalue weighted by molar-refractivity contribution is 7.20. The van der Waals surface area contributed by atoms with Crippen LogP contribution in [0.3, 0.4) is 0 Å². The Morgan fingerprint density at radius 2 is 1.97 bits per heavy atom. The van der Waals surface area contributed by atoms with Gasteiger partial charge in [0.1, 0.15) is 10.7 Å². The van der Waals surface area contributed by atoms with Gasteiger partial charge in [-0.3, -0.25) is 19.5 Å². The third-order valence-corrected chi connectivity index (χ3v) is 6.11. The number of benzene rings is 1. The summed E-state index contributed by atoms with van der Waals surface area (Å²) in [5.41, 5.74) is 2.64. The van der Waals surface area contributed by atoms with Gasteiger partial charge in [0, 0.05) is 31.4 Å². The van der Waals surface area contributed by atoms with Crippen LogP contribution >= 0.6 is 11.3 Å². The van der Waals surface area contributed by atoms with Crippen molar-refractivity contribution in [2.75, 3.05) is 17.2 Å². The van der Waals surface area contributed by atoms with E-state index < -0.39 is 0 Å². The lowest BCUT2D eigenvalue weighted by Gasteiger charge is -2.34. The fourth-order valence-corrected chi connectivity index (χ4v) is 4.74. The number of nitrogens with one attached hydrogen (secondary N) is 2. The first kappa shape index (κ1) is 21.1. The zero-order chi connectivity index (χ0) is 21.6. The van der Waals surface area contributed by atoms with E-state index in [1.54, 1.807) is 6.20 Å². The van der Waals surface area contributed by atoms with Crippen LogP contribution in [-0.4, -0.2) is 39.3 Å². The van der Waals surface area contributed by atoms with Crippen LogP contribution < -0.4 is 10.6 Å². The second kappa shape index (κ2) is 9.80. The fraction of sp³-hybridized carbons (Fsp3) is 0.304. The highest BCUT2D eigenvalue weighted by Crippen LogP contribution is 2.36. The minimum atomic E-state index is -0.220. The number of aromatic nitrogens is 2. The molecule has 0 spiro atoms. The van der Waals surface area contributed by atoms with Crippen molar-refractivity contribution in [2.24, 2.45) is 0 Å². The number of hydrogen-bond donors (Lipinski definition) is 2. The number of likely N-dealkylation sites (tertiary alicyclic amines) is 1. The maximum atomic E-state index is 13.2. The van der Waals surface area contributed by atoms with Crippen LogP contribution in [0.2, 0.25) is 0 Å². The molecule has 1 atom stereocenters. The van der Waals surface area contributed by atoms with Crippen molar-refractivity contribution in [1.29, 1.82) is 0 Å². The van der Waals surface area contributed by atoms with E-state index in [9.17, 15) is 9.59 Å². The molecule has 1 aromatic carbocycles. The van der Waals surface area contributed by atoms with E-state index in [1.807, 2.05) is 48.7 Å². The number of anilines is 2. The molecule has 1 aliphatic heterocycles. The molecule has 3 aromatic rings. The zero-order valence-corrected chi connectivity index (χ0v) is 18.2. The lowest BCUT2D eigenvalue weighted by atomic mass is 10.0. The molecule has 7 nitrogen and oxygen atoms in total. The van der Waals surface area contributed by atoms with Crippen molar-refractivity contribution >= 4 is 33.3 Å². The third-order valence-electron chi connectivity index (χ3n) is 5.22. The molecule has 0 bridgehead atoms. The van der Waals surface area contributed by atoms with E-state index >= 15 is 0 Å². The molecule has 1 saturated heterocycles. The first-order valence-corrected chi connectivity index (χ1v) is 11.2. The summed E-state index contributed by atoms with van der Waals surface area (Å²) in [6, 6.07) is 13.4. The SMILES string of the molecule is CC(=O)Nc1sc(NC(=O)C2CCCCN2Cc2cccnc2)nc1-c1ccccc1. The number of pyridine rings is 1. The first-order chi connectivity index (χ1) is 15.1. The Balaban J connectivity index is 1.52. The van der Waals surface area contributed by atoms with Gasteiger partial charge in [-0.15, -0.1) is 0 Å². The lowest BCUT2D eigenvalue weighted by molar-refractivity contribution is -0.122. The summed E-state index contributed by atoms with van der Waals surface area (Å²) in [5, 5.41) is 6.94. The van der Waals surface area contributed by atoms with Crippen LogP contribution in [0.1, 0.15) is 31.7 Å². The molecule has 31 heavy (non-hydrogen) atoms. The second-order valence-corrected chi connectivity index (χ2v) is 8.58. The molecule has 4 rings (SSSR count). The quantitative estimate of drug-likeness (QED) is 0.607. The van der Waals surface area contributed by atoms with Crippen LogP contribution in [0.5, 0.6) is 0 Å². The summed E-state index contributed by atoms with van der Waals surface area (Å²) in [7, 11) is 0. The Kier molecular flexibility index (Phi) is 6.69. The smallest absolute Gasteiger partial charge is 0.243 e. The molecule has 8 heteroatoms. The highest BCUT2D eigenvalue weighted by atomic mass is 32.1. The average molecular weight is 436 g/mol. The van der Waals surface area contributed by atoms with Crippen molar-refractivity contribution < 1.29 is 9.59 Å². The molecule has 1 fully saturated rings. The van der Waals surface area contributed by atoms with Gasteiger partial charge < -0.3 is 10.6 Å². The molecular formula is C23H25N5O2S. The van der Waals surface area contributed by atoms with Crippen LogP contribution in [0, 0.1) is 0 Å². The molecular weight excluding hydrogens is 410 g/mol. The summed E-state index contributed by atoms with van der Waals surface area (Å²) in [4.78, 5) is 35.8. The van der Waals surface area contributed by atoms with Gasteiger partial charge in [0.15, 0.2) is 5.13 Å². The molecule has 0 aliphatic carbocycles. The van der Waals surface area contributed by atoms with Crippen molar-refractivity contribution in [2.45, 2.75) is 38.8 Å². The Labute approximate surface area is 185 Å². The normalized spacial score (nSPS) is 16.6. The maximum Gasteiger partial charge on any atom is 0.243 e. The van der Waals surface area contributed by atoms with E-state index in [4.69, 9.17) is 0 Å². The van der Waals surface area contributed by atoms with Crippen molar-refractivity contribution in [3.63, 3.8) is 0 Å². The summed E-state index contributed by atoms with van der Waals surface area (Å²) in [6.45, 7) is 3.03. The van der Waals surface area contributed by atoms with Crippen molar-refractivity contribution in [3.8, 4) is 11.3 Å². The minimum Gasteiger partial charge on any atom is -0.316 e. The molecule has 0 saturated carbocycles. The van der Waals surface area contributed by atoms with Gasteiger partial charge in [0.25, 0.3) is 0 Å². The van der Waals surface area contributed by atoms with E-state index in [0.717, 1.165) is 36.9 Å². The third kappa shape index (κ3) is 5.34. The number of thiazole rings is 1. The predicted molar refractivity (Wildman–Crippen MR) is 123 cm³/mol. The summed E-state index contributed by atoms with van der Waals surface area (Å²) in [5.74, 6) is -0.236. The monoisotopic (exact) mass is 435 g/mol. The first-order valence-electron chi connectivity index (χ1n) is 10.4. The van der Waals surface area contributed by atoms with Crippen LogP contribution in [0.4, 0.5) is 10.1 Å². The fourth-order valence-electron chi connectivity index (χ4n) is 3.80. The average Bonchev–Trinajstić information content (AvgIpc) is 3.16. The van der Waals surface area contributed by atoms with Gasteiger partial charge in [-0.1, -0.05) is 54.2 Å². The van der Waals surface area contributed by atoms with E-state index in [2.05, 4.69) is 25.5 Å². The standard InChI is InChI=1S/C23H25N5O2S/c1-16(29)25-22-20(18-9-3-2-4-10-18)26-23(31-22)27-21(30)19-11-5-6-13-28(19)15-17-8-7-12-24-14-17/h2-4,7-10,12,14,19H,5-6,11,13,15H2,1H3,(H,25,29)(H,26,27,30). The minimum absolute atomic E-state index is 0.0636. The number of hydrogen-bond acceptors (Lipinski definition) is 6. The van der Waals surface area contributed by atoms with Crippen molar-refractivity contribution in [1.82, 2.24) is 14.9 Å². The molecule has 2 aromatic heterocycles. The summed E-state index contributed by atoms with van der Waals surface area (Å²) < 4.78 is 0. The maximum absolute atomic E-state index is 13.2. The Morgan fingerprint density at radius 1 is 1.13 bits per heavy atom. The Hall–Kier alpha value is -3.10. The largest absolute Gasteiger partial charge is 0.316 e. The van der Waals surface area contributed by atoms with Crippen molar-refractivity contribution in [3.05, 3.63) is 60.4 Å². The molecule has 1 aliphatic rings. The number of nitrogens with zero attached hydrogens (tertiary/aromatic N) is 3. The van der Waals surface area contributed by atoms with Gasteiger partial charge in [-0.05, 0) is 31.0 Å². The molecule has 2 N–H and O–H groups in total. The molecule has 3 heterocycles. The predicted octanol–water partition coefficient (Wildman–Crippen LogP) is 4.16. The van der Waals surface area contributed by atoms with Gasteiger partial charge >= 0.3 is 0 Å². The Morgan fingerprint density at radius 3 is 2.71 bits per heavy atom. The van der Waals surface area contributed by atoms with Gasteiger partial charge in [0.05, 0.1) is 6.04 Å². The van der Waals surface area contributed by atoms with Gasteiger partial charge in [-0.25, -0.2) is 4.98 Å².